The van der Waals surface area contributed by atoms with E-state index in [0.29, 0.717) is 12.5 Å². The van der Waals surface area contributed by atoms with Crippen molar-refractivity contribution in [2.24, 2.45) is 17.6 Å². The van der Waals surface area contributed by atoms with Gasteiger partial charge in [-0.3, -0.25) is 4.79 Å². The van der Waals surface area contributed by atoms with Crippen molar-refractivity contribution in [2.75, 3.05) is 6.54 Å². The molecule has 0 spiro atoms. The van der Waals surface area contributed by atoms with Crippen LogP contribution < -0.4 is 11.1 Å². The van der Waals surface area contributed by atoms with Crippen LogP contribution in [0.4, 0.5) is 0 Å². The van der Waals surface area contributed by atoms with Gasteiger partial charge in [-0.05, 0) is 44.4 Å². The van der Waals surface area contributed by atoms with Crippen molar-refractivity contribution in [1.82, 2.24) is 10.3 Å². The van der Waals surface area contributed by atoms with Crippen LogP contribution in [0.3, 0.4) is 0 Å². The molecule has 118 valence electrons. The Kier molecular flexibility index (Phi) is 4.74. The number of carbonyl (C=O) groups is 1. The monoisotopic (exact) mass is 317 g/mol. The Labute approximate surface area is 135 Å². The topological polar surface area (TPSA) is 68.0 Å². The number of nitrogens with zero attached hydrogens (tertiary/aromatic N) is 1. The fraction of sp³-hybridized carbons (Fsp3) is 0.529. The molecule has 3 N–H and O–H groups in total. The van der Waals surface area contributed by atoms with E-state index in [1.165, 1.54) is 4.70 Å². The number of para-hydroxylation sites is 1. The van der Waals surface area contributed by atoms with E-state index in [1.54, 1.807) is 11.3 Å². The van der Waals surface area contributed by atoms with Gasteiger partial charge in [-0.2, -0.15) is 0 Å². The van der Waals surface area contributed by atoms with Gasteiger partial charge in [0.05, 0.1) is 15.2 Å². The third kappa shape index (κ3) is 3.31. The van der Waals surface area contributed by atoms with Crippen molar-refractivity contribution < 1.29 is 4.79 Å². The van der Waals surface area contributed by atoms with Gasteiger partial charge in [0.2, 0.25) is 5.91 Å². The van der Waals surface area contributed by atoms with Crippen LogP contribution >= 0.6 is 11.3 Å². The maximum atomic E-state index is 12.4. The molecule has 3 rings (SSSR count). The fourth-order valence-electron chi connectivity index (χ4n) is 3.33. The molecule has 0 bridgehead atoms. The van der Waals surface area contributed by atoms with E-state index >= 15 is 0 Å². The molecule has 1 aromatic heterocycles. The van der Waals surface area contributed by atoms with Gasteiger partial charge in [-0.25, -0.2) is 4.98 Å². The maximum Gasteiger partial charge on any atom is 0.223 e. The highest BCUT2D eigenvalue weighted by atomic mass is 32.1. The lowest BCUT2D eigenvalue weighted by atomic mass is 9.95. The van der Waals surface area contributed by atoms with Crippen LogP contribution in [-0.4, -0.2) is 23.5 Å². The molecular weight excluding hydrogens is 294 g/mol. The van der Waals surface area contributed by atoms with Gasteiger partial charge < -0.3 is 11.1 Å². The Morgan fingerprint density at radius 2 is 2.27 bits per heavy atom. The summed E-state index contributed by atoms with van der Waals surface area (Å²) in [5.41, 5.74) is 6.81. The largest absolute Gasteiger partial charge is 0.353 e. The lowest BCUT2D eigenvalue weighted by Gasteiger charge is -2.20. The molecule has 1 aliphatic carbocycles. The molecule has 3 atom stereocenters. The number of carbonyl (C=O) groups excluding carboxylic acids is 1. The van der Waals surface area contributed by atoms with Crippen molar-refractivity contribution in [3.8, 4) is 0 Å². The minimum atomic E-state index is 0.0998. The highest BCUT2D eigenvalue weighted by Gasteiger charge is 2.32. The molecule has 1 unspecified atom stereocenters. The SMILES string of the molecule is CC(Cc1nc2ccccc2s1)NC(=O)[C@@H]1CCC[C@@H]1CN. The van der Waals surface area contributed by atoms with Gasteiger partial charge in [0.1, 0.15) is 0 Å². The second-order valence-corrected chi connectivity index (χ2v) is 7.34. The molecule has 1 saturated carbocycles. The van der Waals surface area contributed by atoms with Crippen molar-refractivity contribution in [2.45, 2.75) is 38.6 Å². The van der Waals surface area contributed by atoms with Crippen LogP contribution in [0.1, 0.15) is 31.2 Å². The summed E-state index contributed by atoms with van der Waals surface area (Å²) in [4.78, 5) is 17.0. The van der Waals surface area contributed by atoms with E-state index in [0.717, 1.165) is 36.2 Å². The minimum Gasteiger partial charge on any atom is -0.353 e. The molecule has 22 heavy (non-hydrogen) atoms. The molecule has 4 nitrogen and oxygen atoms in total. The maximum absolute atomic E-state index is 12.4. The van der Waals surface area contributed by atoms with E-state index in [2.05, 4.69) is 23.3 Å². The van der Waals surface area contributed by atoms with E-state index in [1.807, 2.05) is 18.2 Å². The summed E-state index contributed by atoms with van der Waals surface area (Å²) in [6.07, 6.45) is 3.96. The lowest BCUT2D eigenvalue weighted by molar-refractivity contribution is -0.126. The number of nitrogens with two attached hydrogens (primary N) is 1. The van der Waals surface area contributed by atoms with Gasteiger partial charge in [-0.15, -0.1) is 11.3 Å². The zero-order valence-electron chi connectivity index (χ0n) is 12.9. The second kappa shape index (κ2) is 6.75. The molecular formula is C17H23N3OS. The predicted octanol–water partition coefficient (Wildman–Crippen LogP) is 2.72. The van der Waals surface area contributed by atoms with Gasteiger partial charge >= 0.3 is 0 Å². The van der Waals surface area contributed by atoms with Crippen LogP contribution in [-0.2, 0) is 11.2 Å². The average Bonchev–Trinajstić information content (AvgIpc) is 3.12. The number of hydrogen-bond donors (Lipinski definition) is 2. The number of benzene rings is 1. The smallest absolute Gasteiger partial charge is 0.223 e. The number of amides is 1. The molecule has 1 amide bonds. The first kappa shape index (κ1) is 15.4. The summed E-state index contributed by atoms with van der Waals surface area (Å²) in [5, 5.41) is 4.23. The Morgan fingerprint density at radius 3 is 3.05 bits per heavy atom. The van der Waals surface area contributed by atoms with Gasteiger partial charge in [0.15, 0.2) is 0 Å². The number of nitrogens with one attached hydrogen (secondary N) is 1. The molecule has 1 heterocycles. The third-order valence-corrected chi connectivity index (χ3v) is 5.56. The first-order valence-electron chi connectivity index (χ1n) is 8.02. The normalized spacial score (nSPS) is 22.8. The van der Waals surface area contributed by atoms with E-state index < -0.39 is 0 Å². The standard InChI is InChI=1S/C17H23N3OS/c1-11(19-17(21)13-6-4-5-12(13)10-18)9-16-20-14-7-2-3-8-15(14)22-16/h2-3,7-8,11-13H,4-6,9-10,18H2,1H3,(H,19,21)/t11?,12-,13-/m1/s1. The van der Waals surface area contributed by atoms with Crippen molar-refractivity contribution in [1.29, 1.82) is 0 Å². The zero-order chi connectivity index (χ0) is 15.5. The number of aromatic nitrogens is 1. The minimum absolute atomic E-state index is 0.0998. The van der Waals surface area contributed by atoms with Crippen molar-refractivity contribution in [3.63, 3.8) is 0 Å². The number of fused-ring (bicyclic) bond motifs is 1. The highest BCUT2D eigenvalue weighted by molar-refractivity contribution is 7.18. The highest BCUT2D eigenvalue weighted by Crippen LogP contribution is 2.31. The zero-order valence-corrected chi connectivity index (χ0v) is 13.7. The third-order valence-electron chi connectivity index (χ3n) is 4.51. The molecule has 1 fully saturated rings. The van der Waals surface area contributed by atoms with Crippen LogP contribution in [0.15, 0.2) is 24.3 Å². The van der Waals surface area contributed by atoms with Crippen LogP contribution in [0.2, 0.25) is 0 Å². The van der Waals surface area contributed by atoms with Gasteiger partial charge in [-0.1, -0.05) is 18.6 Å². The van der Waals surface area contributed by atoms with Gasteiger partial charge in [0, 0.05) is 18.4 Å². The molecule has 0 saturated heterocycles. The Morgan fingerprint density at radius 1 is 1.45 bits per heavy atom. The summed E-state index contributed by atoms with van der Waals surface area (Å²) in [6.45, 7) is 2.67. The second-order valence-electron chi connectivity index (χ2n) is 6.22. The fourth-order valence-corrected chi connectivity index (χ4v) is 4.43. The first-order chi connectivity index (χ1) is 10.7. The lowest BCUT2D eigenvalue weighted by Crippen LogP contribution is -2.40. The number of thiazole rings is 1. The Hall–Kier alpha value is -1.46. The van der Waals surface area contributed by atoms with E-state index in [-0.39, 0.29) is 17.9 Å². The van der Waals surface area contributed by atoms with E-state index in [9.17, 15) is 4.79 Å². The first-order valence-corrected chi connectivity index (χ1v) is 8.84. The molecule has 2 aromatic rings. The van der Waals surface area contributed by atoms with Gasteiger partial charge in [0.25, 0.3) is 0 Å². The summed E-state index contributed by atoms with van der Waals surface area (Å²) in [7, 11) is 0. The Bertz CT molecular complexity index is 621. The summed E-state index contributed by atoms with van der Waals surface area (Å²) in [6, 6.07) is 8.26. The molecule has 5 heteroatoms. The molecule has 1 aliphatic rings. The predicted molar refractivity (Wildman–Crippen MR) is 90.8 cm³/mol. The molecule has 0 radical (unpaired) electrons. The van der Waals surface area contributed by atoms with Crippen molar-refractivity contribution >= 4 is 27.5 Å². The van der Waals surface area contributed by atoms with Crippen molar-refractivity contribution in [3.05, 3.63) is 29.3 Å². The summed E-state index contributed by atoms with van der Waals surface area (Å²) >= 11 is 1.71. The number of hydrogen-bond acceptors (Lipinski definition) is 4. The van der Waals surface area contributed by atoms with E-state index in [4.69, 9.17) is 5.73 Å². The number of rotatable bonds is 5. The quantitative estimate of drug-likeness (QED) is 0.891. The Balaban J connectivity index is 1.59. The average molecular weight is 317 g/mol. The molecule has 0 aliphatic heterocycles. The van der Waals surface area contributed by atoms with Crippen LogP contribution in [0, 0.1) is 11.8 Å². The van der Waals surface area contributed by atoms with Crippen LogP contribution in [0.5, 0.6) is 0 Å². The molecule has 1 aromatic carbocycles. The van der Waals surface area contributed by atoms with Crippen LogP contribution in [0.25, 0.3) is 10.2 Å². The summed E-state index contributed by atoms with van der Waals surface area (Å²) < 4.78 is 1.20. The summed E-state index contributed by atoms with van der Waals surface area (Å²) in [5.74, 6) is 0.624.